The van der Waals surface area contributed by atoms with E-state index in [1.54, 1.807) is 6.33 Å². The molecule has 1 heterocycles. The van der Waals surface area contributed by atoms with Gasteiger partial charge in [0, 0.05) is 18.3 Å². The van der Waals surface area contributed by atoms with E-state index < -0.39 is 0 Å². The summed E-state index contributed by atoms with van der Waals surface area (Å²) >= 11 is 0. The molecule has 1 fully saturated rings. The molecule has 2 rings (SSSR count). The minimum absolute atomic E-state index is 0.0761. The maximum Gasteiger partial charge on any atom is 0.129 e. The van der Waals surface area contributed by atoms with Crippen molar-refractivity contribution in [3.05, 3.63) is 18.1 Å². The summed E-state index contributed by atoms with van der Waals surface area (Å²) in [5, 5.41) is 12.9. The lowest BCUT2D eigenvalue weighted by atomic mass is 9.87. The molecule has 4 nitrogen and oxygen atoms in total. The molecule has 4 heteroatoms. The number of aromatic nitrogens is 2. The summed E-state index contributed by atoms with van der Waals surface area (Å²) in [6, 6.07) is 2.03. The number of aliphatic hydroxyl groups excluding tert-OH is 1. The Bertz CT molecular complexity index is 373. The topological polar surface area (TPSA) is 58.0 Å². The van der Waals surface area contributed by atoms with Crippen molar-refractivity contribution in [2.75, 3.05) is 11.9 Å². The van der Waals surface area contributed by atoms with Gasteiger partial charge >= 0.3 is 0 Å². The Morgan fingerprint density at radius 1 is 1.28 bits per heavy atom. The van der Waals surface area contributed by atoms with Gasteiger partial charge in [-0.1, -0.05) is 13.8 Å². The molecule has 100 valence electrons. The molecule has 0 amide bonds. The molecular weight excluding hydrogens is 226 g/mol. The van der Waals surface area contributed by atoms with E-state index >= 15 is 0 Å². The van der Waals surface area contributed by atoms with Crippen molar-refractivity contribution < 1.29 is 5.11 Å². The van der Waals surface area contributed by atoms with Gasteiger partial charge in [0.2, 0.25) is 0 Å². The van der Waals surface area contributed by atoms with Crippen LogP contribution < -0.4 is 5.32 Å². The third-order valence-electron chi connectivity index (χ3n) is 3.67. The normalized spacial score (nSPS) is 24.2. The highest BCUT2D eigenvalue weighted by Gasteiger charge is 2.19. The Labute approximate surface area is 109 Å². The predicted octanol–water partition coefficient (Wildman–Crippen LogP) is 2.56. The summed E-state index contributed by atoms with van der Waals surface area (Å²) in [5.41, 5.74) is 1.08. The molecule has 1 aliphatic carbocycles. The van der Waals surface area contributed by atoms with Gasteiger partial charge in [-0.25, -0.2) is 9.97 Å². The zero-order valence-electron chi connectivity index (χ0n) is 11.3. The molecule has 1 aromatic heterocycles. The number of nitrogens with zero attached hydrogens (tertiary/aromatic N) is 2. The zero-order chi connectivity index (χ0) is 13.0. The van der Waals surface area contributed by atoms with Crippen molar-refractivity contribution in [2.45, 2.75) is 51.6 Å². The maximum absolute atomic E-state index is 9.47. The largest absolute Gasteiger partial charge is 0.393 e. The Morgan fingerprint density at radius 3 is 2.67 bits per heavy atom. The SMILES string of the molecule is CC(C)c1cc(NCC2CCC(O)CC2)ncn1. The summed E-state index contributed by atoms with van der Waals surface area (Å²) < 4.78 is 0. The average Bonchev–Trinajstić information content (AvgIpc) is 2.38. The Morgan fingerprint density at radius 2 is 2.00 bits per heavy atom. The van der Waals surface area contributed by atoms with E-state index in [1.807, 2.05) is 6.07 Å². The first kappa shape index (κ1) is 13.3. The van der Waals surface area contributed by atoms with E-state index in [4.69, 9.17) is 0 Å². The van der Waals surface area contributed by atoms with Crippen molar-refractivity contribution in [3.8, 4) is 0 Å². The zero-order valence-corrected chi connectivity index (χ0v) is 11.3. The van der Waals surface area contributed by atoms with Crippen molar-refractivity contribution in [1.29, 1.82) is 0 Å². The van der Waals surface area contributed by atoms with Crippen LogP contribution in [0.2, 0.25) is 0 Å². The minimum Gasteiger partial charge on any atom is -0.393 e. The second kappa shape index (κ2) is 6.14. The highest BCUT2D eigenvalue weighted by Crippen LogP contribution is 2.24. The van der Waals surface area contributed by atoms with Crippen molar-refractivity contribution in [2.24, 2.45) is 5.92 Å². The number of aliphatic hydroxyl groups is 1. The third-order valence-corrected chi connectivity index (χ3v) is 3.67. The van der Waals surface area contributed by atoms with E-state index in [-0.39, 0.29) is 6.10 Å². The first-order valence-corrected chi connectivity index (χ1v) is 6.89. The van der Waals surface area contributed by atoms with Gasteiger partial charge in [0.05, 0.1) is 6.10 Å². The van der Waals surface area contributed by atoms with Crippen LogP contribution in [-0.2, 0) is 0 Å². The standard InChI is InChI=1S/C14H23N3O/c1-10(2)13-7-14(17-9-16-13)15-8-11-3-5-12(18)6-4-11/h7,9-12,18H,3-6,8H2,1-2H3,(H,15,16,17). The van der Waals surface area contributed by atoms with Gasteiger partial charge in [0.25, 0.3) is 0 Å². The summed E-state index contributed by atoms with van der Waals surface area (Å²) in [5.74, 6) is 2.00. The van der Waals surface area contributed by atoms with Gasteiger partial charge in [0.1, 0.15) is 12.1 Å². The van der Waals surface area contributed by atoms with Gasteiger partial charge in [0.15, 0.2) is 0 Å². The first-order valence-electron chi connectivity index (χ1n) is 6.89. The summed E-state index contributed by atoms with van der Waals surface area (Å²) in [4.78, 5) is 8.51. The van der Waals surface area contributed by atoms with Gasteiger partial charge in [-0.2, -0.15) is 0 Å². The molecule has 0 spiro atoms. The predicted molar refractivity (Wildman–Crippen MR) is 72.6 cm³/mol. The molecule has 2 N–H and O–H groups in total. The van der Waals surface area contributed by atoms with Crippen LogP contribution in [0.25, 0.3) is 0 Å². The summed E-state index contributed by atoms with van der Waals surface area (Å²) in [7, 11) is 0. The molecule has 0 saturated heterocycles. The van der Waals surface area contributed by atoms with E-state index in [1.165, 1.54) is 0 Å². The van der Waals surface area contributed by atoms with E-state index in [0.29, 0.717) is 11.8 Å². The number of nitrogens with one attached hydrogen (secondary N) is 1. The van der Waals surface area contributed by atoms with Crippen LogP contribution in [0, 0.1) is 5.92 Å². The average molecular weight is 249 g/mol. The van der Waals surface area contributed by atoms with Crippen molar-refractivity contribution in [3.63, 3.8) is 0 Å². The van der Waals surface area contributed by atoms with E-state index in [2.05, 4.69) is 29.1 Å². The molecule has 18 heavy (non-hydrogen) atoms. The molecule has 0 atom stereocenters. The van der Waals surface area contributed by atoms with Crippen LogP contribution in [0.15, 0.2) is 12.4 Å². The van der Waals surface area contributed by atoms with Gasteiger partial charge in [-0.05, 0) is 37.5 Å². The fourth-order valence-corrected chi connectivity index (χ4v) is 2.38. The second-order valence-corrected chi connectivity index (χ2v) is 5.54. The first-order chi connectivity index (χ1) is 8.65. The van der Waals surface area contributed by atoms with Crippen LogP contribution in [0.4, 0.5) is 5.82 Å². The lowest BCUT2D eigenvalue weighted by Gasteiger charge is -2.25. The number of rotatable bonds is 4. The molecule has 1 aliphatic rings. The molecule has 0 bridgehead atoms. The lowest BCUT2D eigenvalue weighted by molar-refractivity contribution is 0.111. The molecular formula is C14H23N3O. The molecule has 0 radical (unpaired) electrons. The summed E-state index contributed by atoms with van der Waals surface area (Å²) in [6.45, 7) is 5.21. The monoisotopic (exact) mass is 249 g/mol. The quantitative estimate of drug-likeness (QED) is 0.861. The minimum atomic E-state index is -0.0761. The van der Waals surface area contributed by atoms with Crippen LogP contribution >= 0.6 is 0 Å². The number of hydrogen-bond acceptors (Lipinski definition) is 4. The van der Waals surface area contributed by atoms with Crippen LogP contribution in [0.3, 0.4) is 0 Å². The highest BCUT2D eigenvalue weighted by molar-refractivity contribution is 5.35. The van der Waals surface area contributed by atoms with Crippen molar-refractivity contribution in [1.82, 2.24) is 9.97 Å². The molecule has 0 unspecified atom stereocenters. The molecule has 0 aromatic carbocycles. The smallest absolute Gasteiger partial charge is 0.129 e. The number of hydrogen-bond donors (Lipinski definition) is 2. The Hall–Kier alpha value is -1.16. The number of anilines is 1. The Balaban J connectivity index is 1.84. The van der Waals surface area contributed by atoms with Gasteiger partial charge in [-0.3, -0.25) is 0 Å². The van der Waals surface area contributed by atoms with Crippen LogP contribution in [0.1, 0.15) is 51.1 Å². The maximum atomic E-state index is 9.47. The fourth-order valence-electron chi connectivity index (χ4n) is 2.38. The highest BCUT2D eigenvalue weighted by atomic mass is 16.3. The molecule has 0 aliphatic heterocycles. The van der Waals surface area contributed by atoms with E-state index in [9.17, 15) is 5.11 Å². The van der Waals surface area contributed by atoms with Gasteiger partial charge in [-0.15, -0.1) is 0 Å². The molecule has 1 aromatic rings. The fraction of sp³-hybridized carbons (Fsp3) is 0.714. The third kappa shape index (κ3) is 3.67. The lowest BCUT2D eigenvalue weighted by Crippen LogP contribution is -2.23. The van der Waals surface area contributed by atoms with Crippen LogP contribution in [-0.4, -0.2) is 27.7 Å². The van der Waals surface area contributed by atoms with E-state index in [0.717, 1.165) is 43.7 Å². The Kier molecular flexibility index (Phi) is 4.53. The summed E-state index contributed by atoms with van der Waals surface area (Å²) in [6.07, 6.45) is 5.64. The second-order valence-electron chi connectivity index (χ2n) is 5.54. The van der Waals surface area contributed by atoms with Crippen molar-refractivity contribution >= 4 is 5.82 Å². The molecule has 1 saturated carbocycles. The van der Waals surface area contributed by atoms with Gasteiger partial charge < -0.3 is 10.4 Å². The van der Waals surface area contributed by atoms with Crippen LogP contribution in [0.5, 0.6) is 0 Å².